The second-order valence-corrected chi connectivity index (χ2v) is 14.8. The summed E-state index contributed by atoms with van der Waals surface area (Å²) in [4.78, 5) is 15.5. The third kappa shape index (κ3) is 5.14. The van der Waals surface area contributed by atoms with E-state index in [2.05, 4.69) is 156 Å². The number of hydrogen-bond acceptors (Lipinski definition) is 4. The van der Waals surface area contributed by atoms with E-state index >= 15 is 0 Å². The number of rotatable bonds is 5. The Morgan fingerprint density at radius 2 is 0.948 bits per heavy atom. The van der Waals surface area contributed by atoms with Gasteiger partial charge in [0.1, 0.15) is 5.58 Å². The molecule has 0 aliphatic heterocycles. The minimum atomic E-state index is 0.582. The van der Waals surface area contributed by atoms with E-state index in [9.17, 15) is 0 Å². The molecule has 0 bridgehead atoms. The zero-order valence-corrected chi connectivity index (χ0v) is 31.2. The second kappa shape index (κ2) is 12.8. The molecule has 3 heterocycles. The summed E-state index contributed by atoms with van der Waals surface area (Å²) in [6.07, 6.45) is 0. The van der Waals surface area contributed by atoms with E-state index < -0.39 is 0 Å². The highest BCUT2D eigenvalue weighted by Gasteiger charge is 2.23. The average Bonchev–Trinajstić information content (AvgIpc) is 3.84. The maximum absolute atomic E-state index is 6.87. The standard InChI is InChI=1S/C53H32N4O/c1-2-13-35(14-3-1)51-54-52(36-25-22-34(23-26-36)40-27-24-33-12-4-5-15-37(33)30-40)56-53(55-51)43-28-29-46(50-49(43)42-19-9-11-21-48(42)58-50)57-45-20-10-8-18-41(45)44-31-38-16-6-7-17-39(38)32-47(44)57/h1-32H. The Labute approximate surface area is 333 Å². The predicted octanol–water partition coefficient (Wildman–Crippen LogP) is 13.8. The van der Waals surface area contributed by atoms with Crippen molar-refractivity contribution in [3.8, 4) is 51.0 Å². The molecular weight excluding hydrogens is 709 g/mol. The van der Waals surface area contributed by atoms with E-state index in [1.807, 2.05) is 42.5 Å². The Morgan fingerprint density at radius 3 is 1.74 bits per heavy atom. The molecule has 0 spiro atoms. The van der Waals surface area contributed by atoms with Gasteiger partial charge in [-0.25, -0.2) is 15.0 Å². The molecule has 0 saturated carbocycles. The summed E-state index contributed by atoms with van der Waals surface area (Å²) < 4.78 is 9.22. The highest BCUT2D eigenvalue weighted by Crippen LogP contribution is 2.43. The summed E-state index contributed by atoms with van der Waals surface area (Å²) in [6, 6.07) is 68.0. The fourth-order valence-electron chi connectivity index (χ4n) is 8.61. The fraction of sp³-hybridized carbons (Fsp3) is 0. The molecule has 9 aromatic carbocycles. The van der Waals surface area contributed by atoms with Crippen LogP contribution in [0.25, 0.3) is 116 Å². The topological polar surface area (TPSA) is 56.7 Å². The first-order valence-electron chi connectivity index (χ1n) is 19.5. The summed E-state index contributed by atoms with van der Waals surface area (Å²) >= 11 is 0. The van der Waals surface area contributed by atoms with Gasteiger partial charge in [-0.1, -0.05) is 152 Å². The smallest absolute Gasteiger partial charge is 0.164 e. The number of nitrogens with zero attached hydrogens (tertiary/aromatic N) is 4. The zero-order valence-electron chi connectivity index (χ0n) is 31.2. The van der Waals surface area contributed by atoms with E-state index in [-0.39, 0.29) is 0 Å². The molecule has 0 aliphatic carbocycles. The molecular formula is C53H32N4O. The molecule has 12 aromatic rings. The first kappa shape index (κ1) is 32.4. The molecule has 5 nitrogen and oxygen atoms in total. The van der Waals surface area contributed by atoms with Crippen molar-refractivity contribution >= 4 is 65.3 Å². The van der Waals surface area contributed by atoms with Gasteiger partial charge in [0.2, 0.25) is 0 Å². The lowest BCUT2D eigenvalue weighted by Gasteiger charge is -2.13. The molecule has 0 radical (unpaired) electrons. The molecule has 0 N–H and O–H groups in total. The minimum Gasteiger partial charge on any atom is -0.454 e. The van der Waals surface area contributed by atoms with Crippen LogP contribution in [0, 0.1) is 0 Å². The van der Waals surface area contributed by atoms with Gasteiger partial charge in [-0.05, 0) is 75.1 Å². The Hall–Kier alpha value is -7.89. The Bertz CT molecular complexity index is 3560. The van der Waals surface area contributed by atoms with Gasteiger partial charge in [-0.2, -0.15) is 0 Å². The van der Waals surface area contributed by atoms with Crippen molar-refractivity contribution in [2.24, 2.45) is 0 Å². The van der Waals surface area contributed by atoms with Crippen LogP contribution in [0.3, 0.4) is 0 Å². The van der Waals surface area contributed by atoms with Crippen molar-refractivity contribution < 1.29 is 4.42 Å². The highest BCUT2D eigenvalue weighted by atomic mass is 16.3. The molecule has 0 amide bonds. The van der Waals surface area contributed by atoms with Gasteiger partial charge in [-0.3, -0.25) is 0 Å². The van der Waals surface area contributed by atoms with Crippen LogP contribution in [0.15, 0.2) is 199 Å². The highest BCUT2D eigenvalue weighted by molar-refractivity contribution is 6.17. The molecule has 0 aliphatic rings. The van der Waals surface area contributed by atoms with E-state index in [1.165, 1.54) is 32.3 Å². The normalized spacial score (nSPS) is 11.8. The van der Waals surface area contributed by atoms with Crippen LogP contribution in [0.5, 0.6) is 0 Å². The summed E-state index contributed by atoms with van der Waals surface area (Å²) in [7, 11) is 0. The molecule has 5 heteroatoms. The molecule has 12 rings (SSSR count). The lowest BCUT2D eigenvalue weighted by Crippen LogP contribution is -2.01. The molecule has 0 fully saturated rings. The minimum absolute atomic E-state index is 0.582. The zero-order chi connectivity index (χ0) is 38.2. The predicted molar refractivity (Wildman–Crippen MR) is 238 cm³/mol. The van der Waals surface area contributed by atoms with Crippen LogP contribution in [-0.4, -0.2) is 19.5 Å². The van der Waals surface area contributed by atoms with E-state index in [1.54, 1.807) is 0 Å². The number of para-hydroxylation sites is 2. The number of furan rings is 1. The fourth-order valence-corrected chi connectivity index (χ4v) is 8.61. The maximum atomic E-state index is 6.87. The van der Waals surface area contributed by atoms with Gasteiger partial charge in [0.25, 0.3) is 0 Å². The maximum Gasteiger partial charge on any atom is 0.164 e. The van der Waals surface area contributed by atoms with E-state index in [0.717, 1.165) is 66.5 Å². The number of benzene rings is 9. The van der Waals surface area contributed by atoms with Crippen LogP contribution in [0.2, 0.25) is 0 Å². The number of fused-ring (bicyclic) bond motifs is 8. The number of aromatic nitrogens is 4. The molecule has 270 valence electrons. The lowest BCUT2D eigenvalue weighted by molar-refractivity contribution is 0.666. The van der Waals surface area contributed by atoms with Crippen molar-refractivity contribution in [3.05, 3.63) is 194 Å². The molecule has 0 atom stereocenters. The van der Waals surface area contributed by atoms with Gasteiger partial charge in [0, 0.05) is 38.2 Å². The Morgan fingerprint density at radius 1 is 0.362 bits per heavy atom. The van der Waals surface area contributed by atoms with Crippen LogP contribution >= 0.6 is 0 Å². The van der Waals surface area contributed by atoms with E-state index in [0.29, 0.717) is 17.5 Å². The summed E-state index contributed by atoms with van der Waals surface area (Å²) in [5.74, 6) is 1.80. The third-order valence-corrected chi connectivity index (χ3v) is 11.4. The van der Waals surface area contributed by atoms with Crippen molar-refractivity contribution in [2.45, 2.75) is 0 Å². The number of hydrogen-bond donors (Lipinski definition) is 0. The van der Waals surface area contributed by atoms with Gasteiger partial charge < -0.3 is 8.98 Å². The summed E-state index contributed by atoms with van der Waals surface area (Å²) in [5, 5.41) is 9.20. The third-order valence-electron chi connectivity index (χ3n) is 11.4. The Balaban J connectivity index is 1.07. The monoisotopic (exact) mass is 740 g/mol. The molecule has 58 heavy (non-hydrogen) atoms. The lowest BCUT2D eigenvalue weighted by atomic mass is 10.00. The van der Waals surface area contributed by atoms with Crippen LogP contribution in [-0.2, 0) is 0 Å². The van der Waals surface area contributed by atoms with Gasteiger partial charge in [-0.15, -0.1) is 0 Å². The average molecular weight is 741 g/mol. The van der Waals surface area contributed by atoms with Crippen molar-refractivity contribution in [1.82, 2.24) is 19.5 Å². The van der Waals surface area contributed by atoms with Crippen LogP contribution in [0.4, 0.5) is 0 Å². The van der Waals surface area contributed by atoms with Gasteiger partial charge in [0.15, 0.2) is 23.1 Å². The van der Waals surface area contributed by atoms with Crippen molar-refractivity contribution in [3.63, 3.8) is 0 Å². The van der Waals surface area contributed by atoms with E-state index in [4.69, 9.17) is 19.4 Å². The quantitative estimate of drug-likeness (QED) is 0.176. The van der Waals surface area contributed by atoms with Crippen molar-refractivity contribution in [2.75, 3.05) is 0 Å². The first-order valence-corrected chi connectivity index (χ1v) is 19.5. The largest absolute Gasteiger partial charge is 0.454 e. The molecule has 0 saturated heterocycles. The van der Waals surface area contributed by atoms with Crippen LogP contribution in [0.1, 0.15) is 0 Å². The van der Waals surface area contributed by atoms with Crippen molar-refractivity contribution in [1.29, 1.82) is 0 Å². The Kier molecular flexibility index (Phi) is 7.16. The second-order valence-electron chi connectivity index (χ2n) is 14.8. The first-order chi connectivity index (χ1) is 28.7. The van der Waals surface area contributed by atoms with Gasteiger partial charge >= 0.3 is 0 Å². The van der Waals surface area contributed by atoms with Crippen LogP contribution < -0.4 is 0 Å². The van der Waals surface area contributed by atoms with Gasteiger partial charge in [0.05, 0.1) is 16.7 Å². The summed E-state index contributed by atoms with van der Waals surface area (Å²) in [6.45, 7) is 0. The SMILES string of the molecule is c1ccc(-c2nc(-c3ccc(-c4ccc5ccccc5c4)cc3)nc(-c3ccc(-n4c5ccccc5c5cc6ccccc6cc54)c4oc5ccccc5c34)n2)cc1. The molecule has 0 unspecified atom stereocenters. The molecule has 3 aromatic heterocycles. The summed E-state index contributed by atoms with van der Waals surface area (Å²) in [5.41, 5.74) is 9.78.